The summed E-state index contributed by atoms with van der Waals surface area (Å²) in [5, 5.41) is 0. The van der Waals surface area contributed by atoms with E-state index in [0.717, 1.165) is 10.1 Å². The number of hydrogen-bond donors (Lipinski definition) is 0. The van der Waals surface area contributed by atoms with Crippen LogP contribution in [0.5, 0.6) is 0 Å². The zero-order valence-corrected chi connectivity index (χ0v) is 17.2. The van der Waals surface area contributed by atoms with Crippen molar-refractivity contribution in [2.45, 2.75) is 52.9 Å². The maximum absolute atomic E-state index is 13.2. The average molecular weight is 394 g/mol. The van der Waals surface area contributed by atoms with E-state index >= 15 is 0 Å². The second-order valence-electron chi connectivity index (χ2n) is 7.61. The van der Waals surface area contributed by atoms with E-state index in [4.69, 9.17) is 0 Å². The molecule has 7 heteroatoms. The van der Waals surface area contributed by atoms with Crippen LogP contribution in [0.3, 0.4) is 0 Å². The highest BCUT2D eigenvalue weighted by atomic mass is 16.2. The normalized spacial score (nSPS) is 11.4. The second-order valence-corrected chi connectivity index (χ2v) is 7.61. The Morgan fingerprint density at radius 3 is 2.24 bits per heavy atom. The minimum Gasteiger partial charge on any atom is -0.336 e. The molecule has 0 fully saturated rings. The molecule has 7 nitrogen and oxygen atoms in total. The van der Waals surface area contributed by atoms with Crippen LogP contribution in [0.1, 0.15) is 33.3 Å². The lowest BCUT2D eigenvalue weighted by molar-refractivity contribution is -0.135. The molecule has 0 saturated carbocycles. The molecule has 29 heavy (non-hydrogen) atoms. The van der Waals surface area contributed by atoms with Gasteiger partial charge in [0.05, 0.1) is 12.1 Å². The lowest BCUT2D eigenvalue weighted by Gasteiger charge is -2.31. The van der Waals surface area contributed by atoms with Gasteiger partial charge in [-0.2, -0.15) is 0 Å². The molecule has 1 aromatic carbocycles. The summed E-state index contributed by atoms with van der Waals surface area (Å²) >= 11 is 0. The molecule has 0 aliphatic carbocycles. The second kappa shape index (κ2) is 8.43. The van der Waals surface area contributed by atoms with Gasteiger partial charge in [-0.3, -0.25) is 18.7 Å². The van der Waals surface area contributed by atoms with Crippen molar-refractivity contribution in [2.75, 3.05) is 0 Å². The summed E-state index contributed by atoms with van der Waals surface area (Å²) in [5.41, 5.74) is 0.401. The predicted molar refractivity (Wildman–Crippen MR) is 113 cm³/mol. The van der Waals surface area contributed by atoms with Gasteiger partial charge in [-0.05, 0) is 45.4 Å². The monoisotopic (exact) mass is 394 g/mol. The molecule has 1 amide bonds. The molecule has 3 aromatic rings. The number of benzene rings is 1. The van der Waals surface area contributed by atoms with Gasteiger partial charge in [0.25, 0.3) is 5.56 Å². The third-order valence-corrected chi connectivity index (χ3v) is 4.86. The fourth-order valence-electron chi connectivity index (χ4n) is 3.69. The van der Waals surface area contributed by atoms with Crippen LogP contribution >= 0.6 is 0 Å². The number of hydrogen-bond acceptors (Lipinski definition) is 4. The molecule has 0 spiro atoms. The minimum atomic E-state index is -0.514. The molecule has 0 N–H and O–H groups in total. The quantitative estimate of drug-likeness (QED) is 0.643. The summed E-state index contributed by atoms with van der Waals surface area (Å²) in [4.78, 5) is 45.1. The maximum Gasteiger partial charge on any atom is 0.332 e. The molecule has 152 valence electrons. The van der Waals surface area contributed by atoms with Crippen molar-refractivity contribution in [1.82, 2.24) is 19.0 Å². The Bertz CT molecular complexity index is 1120. The van der Waals surface area contributed by atoms with E-state index in [1.54, 1.807) is 17.0 Å². The van der Waals surface area contributed by atoms with E-state index in [1.807, 2.05) is 58.0 Å². The molecule has 2 aromatic heterocycles. The van der Waals surface area contributed by atoms with Crippen LogP contribution in [0.2, 0.25) is 0 Å². The standard InChI is InChI=1S/C22H26N4O3/c1-15(2)26(16(3)4)19(27)14-24-18-11-8-12-23-20(18)21(28)25(22(24)29)13-17-9-6-5-7-10-17/h5-12,15-16H,13-14H2,1-4H3. The molecular formula is C22H26N4O3. The van der Waals surface area contributed by atoms with Crippen LogP contribution in [0.4, 0.5) is 0 Å². The number of rotatable bonds is 6. The lowest BCUT2D eigenvalue weighted by atomic mass is 10.2. The number of nitrogens with zero attached hydrogens (tertiary/aromatic N) is 4. The van der Waals surface area contributed by atoms with Crippen molar-refractivity contribution in [3.05, 3.63) is 75.1 Å². The minimum absolute atomic E-state index is 0.00202. The highest BCUT2D eigenvalue weighted by molar-refractivity contribution is 5.80. The van der Waals surface area contributed by atoms with E-state index < -0.39 is 11.2 Å². The Morgan fingerprint density at radius 2 is 1.62 bits per heavy atom. The van der Waals surface area contributed by atoms with Crippen molar-refractivity contribution in [3.63, 3.8) is 0 Å². The summed E-state index contributed by atoms with van der Waals surface area (Å²) in [7, 11) is 0. The molecule has 0 radical (unpaired) electrons. The number of aromatic nitrogens is 3. The van der Waals surface area contributed by atoms with Crippen LogP contribution < -0.4 is 11.2 Å². The van der Waals surface area contributed by atoms with Crippen LogP contribution in [0.25, 0.3) is 11.0 Å². The third kappa shape index (κ3) is 4.13. The first-order valence-corrected chi connectivity index (χ1v) is 9.74. The van der Waals surface area contributed by atoms with Gasteiger partial charge >= 0.3 is 5.69 Å². The molecule has 0 saturated heterocycles. The summed E-state index contributed by atoms with van der Waals surface area (Å²) in [6.07, 6.45) is 1.52. The Morgan fingerprint density at radius 1 is 0.966 bits per heavy atom. The third-order valence-electron chi connectivity index (χ3n) is 4.86. The first-order chi connectivity index (χ1) is 13.8. The van der Waals surface area contributed by atoms with Crippen molar-refractivity contribution in [3.8, 4) is 0 Å². The molecule has 0 aliphatic heterocycles. The van der Waals surface area contributed by atoms with Gasteiger partial charge in [0.15, 0.2) is 5.52 Å². The Labute approximate surface area is 169 Å². The summed E-state index contributed by atoms with van der Waals surface area (Å²) in [6.45, 7) is 7.74. The summed E-state index contributed by atoms with van der Waals surface area (Å²) in [5.74, 6) is -0.174. The number of amides is 1. The van der Waals surface area contributed by atoms with E-state index in [9.17, 15) is 14.4 Å². The van der Waals surface area contributed by atoms with E-state index in [0.29, 0.717) is 5.52 Å². The number of fused-ring (bicyclic) bond motifs is 1. The van der Waals surface area contributed by atoms with Crippen LogP contribution in [-0.4, -0.2) is 37.0 Å². The Balaban J connectivity index is 2.15. The van der Waals surface area contributed by atoms with Gasteiger partial charge in [-0.25, -0.2) is 9.78 Å². The number of carbonyl (C=O) groups excluding carboxylic acids is 1. The van der Waals surface area contributed by atoms with E-state index in [2.05, 4.69) is 4.98 Å². The predicted octanol–water partition coefficient (Wildman–Crippen LogP) is 2.25. The fraction of sp³-hybridized carbons (Fsp3) is 0.364. The van der Waals surface area contributed by atoms with Crippen molar-refractivity contribution < 1.29 is 4.79 Å². The smallest absolute Gasteiger partial charge is 0.332 e. The number of pyridine rings is 1. The average Bonchev–Trinajstić information content (AvgIpc) is 2.68. The molecular weight excluding hydrogens is 368 g/mol. The molecule has 3 rings (SSSR count). The molecule has 2 heterocycles. The first kappa shape index (κ1) is 20.5. The van der Waals surface area contributed by atoms with Gasteiger partial charge in [-0.1, -0.05) is 30.3 Å². The SMILES string of the molecule is CC(C)N(C(=O)Cn1c(=O)n(Cc2ccccc2)c(=O)c2ncccc21)C(C)C. The topological polar surface area (TPSA) is 77.2 Å². The van der Waals surface area contributed by atoms with Crippen molar-refractivity contribution in [2.24, 2.45) is 0 Å². The molecule has 0 bridgehead atoms. The van der Waals surface area contributed by atoms with Crippen LogP contribution in [0.15, 0.2) is 58.3 Å². The van der Waals surface area contributed by atoms with Gasteiger partial charge in [0.2, 0.25) is 5.91 Å². The van der Waals surface area contributed by atoms with Gasteiger partial charge in [0, 0.05) is 18.3 Å². The van der Waals surface area contributed by atoms with Crippen molar-refractivity contribution in [1.29, 1.82) is 0 Å². The molecule has 0 atom stereocenters. The zero-order chi connectivity index (χ0) is 21.1. The summed E-state index contributed by atoms with van der Waals surface area (Å²) in [6, 6.07) is 12.6. The van der Waals surface area contributed by atoms with Crippen LogP contribution in [-0.2, 0) is 17.9 Å². The van der Waals surface area contributed by atoms with Gasteiger partial charge in [-0.15, -0.1) is 0 Å². The van der Waals surface area contributed by atoms with E-state index in [-0.39, 0.29) is 36.6 Å². The summed E-state index contributed by atoms with van der Waals surface area (Å²) < 4.78 is 2.50. The largest absolute Gasteiger partial charge is 0.336 e. The first-order valence-electron chi connectivity index (χ1n) is 9.74. The highest BCUT2D eigenvalue weighted by Crippen LogP contribution is 2.10. The molecule has 0 aliphatic rings. The van der Waals surface area contributed by atoms with Crippen LogP contribution in [0, 0.1) is 0 Å². The van der Waals surface area contributed by atoms with Gasteiger partial charge in [0.1, 0.15) is 6.54 Å². The van der Waals surface area contributed by atoms with Crippen molar-refractivity contribution >= 4 is 16.9 Å². The van der Waals surface area contributed by atoms with Gasteiger partial charge < -0.3 is 4.90 Å². The highest BCUT2D eigenvalue weighted by Gasteiger charge is 2.23. The Kier molecular flexibility index (Phi) is 5.96. The maximum atomic E-state index is 13.2. The number of carbonyl (C=O) groups is 1. The lowest BCUT2D eigenvalue weighted by Crippen LogP contribution is -2.47. The zero-order valence-electron chi connectivity index (χ0n) is 17.2. The molecule has 0 unspecified atom stereocenters. The Hall–Kier alpha value is -3.22. The fourth-order valence-corrected chi connectivity index (χ4v) is 3.69. The van der Waals surface area contributed by atoms with E-state index in [1.165, 1.54) is 10.8 Å².